The predicted octanol–water partition coefficient (Wildman–Crippen LogP) is 5.35. The first-order valence-electron chi connectivity index (χ1n) is 9.95. The van der Waals surface area contributed by atoms with Gasteiger partial charge >= 0.3 is 0 Å². The van der Waals surface area contributed by atoms with Gasteiger partial charge in [-0.2, -0.15) is 0 Å². The summed E-state index contributed by atoms with van der Waals surface area (Å²) in [6, 6.07) is 22.4. The third-order valence-corrected chi connectivity index (χ3v) is 5.10. The number of rotatable bonds is 9. The largest absolute Gasteiger partial charge is 0.497 e. The number of methoxy groups -OCH3 is 2. The van der Waals surface area contributed by atoms with Gasteiger partial charge in [0, 0.05) is 18.1 Å². The quantitative estimate of drug-likeness (QED) is 0.450. The van der Waals surface area contributed by atoms with Crippen molar-refractivity contribution in [3.8, 4) is 17.2 Å². The molecule has 1 atom stereocenters. The highest BCUT2D eigenvalue weighted by Crippen LogP contribution is 2.20. The van der Waals surface area contributed by atoms with Gasteiger partial charge in [-0.15, -0.1) is 0 Å². The van der Waals surface area contributed by atoms with Crippen LogP contribution in [0, 0.1) is 0 Å². The number of hydrogen-bond donors (Lipinski definition) is 0. The van der Waals surface area contributed by atoms with Crippen molar-refractivity contribution in [3.05, 3.63) is 88.9 Å². The standard InChI is InChI=1S/C25H26ClNO4/c1-18(31-24-14-8-21(26)9-15-24)25(28)27(16-19-4-10-22(29-2)11-5-19)17-20-6-12-23(30-3)13-7-20/h4-15,18H,16-17H2,1-3H3. The molecule has 0 bridgehead atoms. The molecule has 31 heavy (non-hydrogen) atoms. The summed E-state index contributed by atoms with van der Waals surface area (Å²) in [4.78, 5) is 15.1. The minimum Gasteiger partial charge on any atom is -0.497 e. The van der Waals surface area contributed by atoms with E-state index in [-0.39, 0.29) is 5.91 Å². The molecule has 0 saturated carbocycles. The smallest absolute Gasteiger partial charge is 0.263 e. The van der Waals surface area contributed by atoms with Crippen LogP contribution in [0.25, 0.3) is 0 Å². The number of ether oxygens (including phenoxy) is 3. The summed E-state index contributed by atoms with van der Waals surface area (Å²) in [6.45, 7) is 2.65. The SMILES string of the molecule is COc1ccc(CN(Cc2ccc(OC)cc2)C(=O)C(C)Oc2ccc(Cl)cc2)cc1. The van der Waals surface area contributed by atoms with Gasteiger partial charge in [0.1, 0.15) is 17.2 Å². The molecule has 3 rings (SSSR count). The van der Waals surface area contributed by atoms with Crippen LogP contribution in [0.3, 0.4) is 0 Å². The van der Waals surface area contributed by atoms with Gasteiger partial charge in [-0.05, 0) is 66.6 Å². The van der Waals surface area contributed by atoms with Crippen LogP contribution in [-0.4, -0.2) is 31.1 Å². The number of hydrogen-bond acceptors (Lipinski definition) is 4. The Morgan fingerprint density at radius 2 is 1.19 bits per heavy atom. The van der Waals surface area contributed by atoms with E-state index >= 15 is 0 Å². The molecular formula is C25H26ClNO4. The van der Waals surface area contributed by atoms with Crippen molar-refractivity contribution in [2.24, 2.45) is 0 Å². The van der Waals surface area contributed by atoms with E-state index in [4.69, 9.17) is 25.8 Å². The van der Waals surface area contributed by atoms with Crippen molar-refractivity contribution in [2.75, 3.05) is 14.2 Å². The Morgan fingerprint density at radius 3 is 1.61 bits per heavy atom. The molecule has 0 aliphatic rings. The summed E-state index contributed by atoms with van der Waals surface area (Å²) in [5, 5.41) is 0.618. The molecule has 0 aromatic heterocycles. The maximum absolute atomic E-state index is 13.3. The van der Waals surface area contributed by atoms with Crippen LogP contribution in [0.15, 0.2) is 72.8 Å². The van der Waals surface area contributed by atoms with E-state index in [2.05, 4.69) is 0 Å². The Balaban J connectivity index is 1.77. The van der Waals surface area contributed by atoms with E-state index in [1.54, 1.807) is 50.3 Å². The molecule has 1 amide bonds. The second-order valence-corrected chi connectivity index (χ2v) is 7.54. The number of carbonyl (C=O) groups is 1. The van der Waals surface area contributed by atoms with Crippen LogP contribution in [0.2, 0.25) is 5.02 Å². The van der Waals surface area contributed by atoms with Gasteiger partial charge in [0.05, 0.1) is 14.2 Å². The Morgan fingerprint density at radius 1 is 0.774 bits per heavy atom. The monoisotopic (exact) mass is 439 g/mol. The molecule has 0 spiro atoms. The van der Waals surface area contributed by atoms with E-state index in [1.165, 1.54) is 0 Å². The lowest BCUT2D eigenvalue weighted by Gasteiger charge is -2.26. The maximum atomic E-state index is 13.3. The molecule has 1 unspecified atom stereocenters. The van der Waals surface area contributed by atoms with Crippen molar-refractivity contribution in [2.45, 2.75) is 26.1 Å². The van der Waals surface area contributed by atoms with Gasteiger partial charge in [-0.25, -0.2) is 0 Å². The van der Waals surface area contributed by atoms with Crippen molar-refractivity contribution in [3.63, 3.8) is 0 Å². The third-order valence-electron chi connectivity index (χ3n) is 4.85. The summed E-state index contributed by atoms with van der Waals surface area (Å²) in [5.74, 6) is 2.04. The van der Waals surface area contributed by atoms with E-state index in [1.807, 2.05) is 48.5 Å². The number of amides is 1. The molecule has 0 radical (unpaired) electrons. The molecule has 5 nitrogen and oxygen atoms in total. The molecule has 0 fully saturated rings. The minimum absolute atomic E-state index is 0.110. The van der Waals surface area contributed by atoms with Gasteiger partial charge in [0.15, 0.2) is 6.10 Å². The first kappa shape index (κ1) is 22.5. The van der Waals surface area contributed by atoms with Crippen LogP contribution < -0.4 is 14.2 Å². The third kappa shape index (κ3) is 6.40. The van der Waals surface area contributed by atoms with Gasteiger partial charge in [0.2, 0.25) is 0 Å². The minimum atomic E-state index is -0.655. The topological polar surface area (TPSA) is 48.0 Å². The highest BCUT2D eigenvalue weighted by atomic mass is 35.5. The molecule has 0 heterocycles. The molecule has 162 valence electrons. The highest BCUT2D eigenvalue weighted by Gasteiger charge is 2.23. The van der Waals surface area contributed by atoms with E-state index in [9.17, 15) is 4.79 Å². The van der Waals surface area contributed by atoms with Gasteiger partial charge < -0.3 is 19.1 Å². The van der Waals surface area contributed by atoms with Crippen molar-refractivity contribution >= 4 is 17.5 Å². The lowest BCUT2D eigenvalue weighted by atomic mass is 10.1. The van der Waals surface area contributed by atoms with Crippen LogP contribution in [0.5, 0.6) is 17.2 Å². The number of benzene rings is 3. The second kappa shape index (κ2) is 10.7. The zero-order valence-corrected chi connectivity index (χ0v) is 18.6. The molecule has 3 aromatic carbocycles. The Labute approximate surface area is 188 Å². The fourth-order valence-corrected chi connectivity index (χ4v) is 3.27. The highest BCUT2D eigenvalue weighted by molar-refractivity contribution is 6.30. The molecule has 6 heteroatoms. The molecule has 0 aliphatic carbocycles. The predicted molar refractivity (Wildman–Crippen MR) is 122 cm³/mol. The Hall–Kier alpha value is -3.18. The Kier molecular flexibility index (Phi) is 7.79. The molecule has 3 aromatic rings. The molecular weight excluding hydrogens is 414 g/mol. The van der Waals surface area contributed by atoms with Crippen LogP contribution in [0.4, 0.5) is 0 Å². The number of nitrogens with zero attached hydrogens (tertiary/aromatic N) is 1. The normalized spacial score (nSPS) is 11.5. The van der Waals surface area contributed by atoms with Crippen LogP contribution >= 0.6 is 11.6 Å². The van der Waals surface area contributed by atoms with Gasteiger partial charge in [-0.1, -0.05) is 35.9 Å². The fourth-order valence-electron chi connectivity index (χ4n) is 3.14. The Bertz CT molecular complexity index is 922. The van der Waals surface area contributed by atoms with E-state index < -0.39 is 6.10 Å². The molecule has 0 N–H and O–H groups in total. The second-order valence-electron chi connectivity index (χ2n) is 7.10. The zero-order chi connectivity index (χ0) is 22.2. The number of carbonyl (C=O) groups excluding carboxylic acids is 1. The summed E-state index contributed by atoms with van der Waals surface area (Å²) in [5.41, 5.74) is 2.00. The van der Waals surface area contributed by atoms with Crippen molar-refractivity contribution in [1.29, 1.82) is 0 Å². The first-order valence-corrected chi connectivity index (χ1v) is 10.3. The van der Waals surface area contributed by atoms with E-state index in [0.717, 1.165) is 22.6 Å². The summed E-state index contributed by atoms with van der Waals surface area (Å²) in [7, 11) is 3.26. The van der Waals surface area contributed by atoms with Crippen LogP contribution in [-0.2, 0) is 17.9 Å². The van der Waals surface area contributed by atoms with Crippen molar-refractivity contribution in [1.82, 2.24) is 4.90 Å². The lowest BCUT2D eigenvalue weighted by molar-refractivity contribution is -0.139. The zero-order valence-electron chi connectivity index (χ0n) is 17.9. The molecule has 0 saturated heterocycles. The van der Waals surface area contributed by atoms with Crippen molar-refractivity contribution < 1.29 is 19.0 Å². The summed E-state index contributed by atoms with van der Waals surface area (Å²) >= 11 is 5.94. The average molecular weight is 440 g/mol. The lowest BCUT2D eigenvalue weighted by Crippen LogP contribution is -2.39. The molecule has 0 aliphatic heterocycles. The van der Waals surface area contributed by atoms with Gasteiger partial charge in [0.25, 0.3) is 5.91 Å². The maximum Gasteiger partial charge on any atom is 0.263 e. The number of halogens is 1. The first-order chi connectivity index (χ1) is 15.0. The van der Waals surface area contributed by atoms with Gasteiger partial charge in [-0.3, -0.25) is 4.79 Å². The average Bonchev–Trinajstić information content (AvgIpc) is 2.80. The summed E-state index contributed by atoms with van der Waals surface area (Å²) in [6.07, 6.45) is -0.655. The summed E-state index contributed by atoms with van der Waals surface area (Å²) < 4.78 is 16.3. The fraction of sp³-hybridized carbons (Fsp3) is 0.240. The van der Waals surface area contributed by atoms with E-state index in [0.29, 0.717) is 23.9 Å². The van der Waals surface area contributed by atoms with Crippen LogP contribution in [0.1, 0.15) is 18.1 Å².